The van der Waals surface area contributed by atoms with E-state index in [4.69, 9.17) is 3.76 Å². The molecule has 0 amide bonds. The zero-order valence-corrected chi connectivity index (χ0v) is 13.4. The third-order valence-electron chi connectivity index (χ3n) is 4.92. The zero-order valence-electron chi connectivity index (χ0n) is 11.3. The molecule has 2 bridgehead atoms. The molecule has 17 heavy (non-hydrogen) atoms. The van der Waals surface area contributed by atoms with Crippen LogP contribution in [0.2, 0.25) is 15.8 Å². The number of hydrogen-bond acceptors (Lipinski definition) is 2. The van der Waals surface area contributed by atoms with E-state index >= 15 is 0 Å². The summed E-state index contributed by atoms with van der Waals surface area (Å²) >= 11 is -2.32. The van der Waals surface area contributed by atoms with Gasteiger partial charge in [0, 0.05) is 0 Å². The summed E-state index contributed by atoms with van der Waals surface area (Å²) in [4.78, 5) is 12.5. The summed E-state index contributed by atoms with van der Waals surface area (Å²) in [5, 5.41) is 3.30. The van der Waals surface area contributed by atoms with Gasteiger partial charge in [-0.3, -0.25) is 0 Å². The molecule has 0 heterocycles. The number of allylic oxidation sites excluding steroid dienone is 1. The van der Waals surface area contributed by atoms with Gasteiger partial charge in [0.1, 0.15) is 0 Å². The summed E-state index contributed by atoms with van der Waals surface area (Å²) in [5.41, 5.74) is -0.222. The Hall–Kier alpha value is -0.247. The average Bonchev–Trinajstić information content (AvgIpc) is 2.97. The summed E-state index contributed by atoms with van der Waals surface area (Å²) in [6.45, 7) is 6.58. The molecule has 0 aromatic rings. The molecule has 1 fully saturated rings. The van der Waals surface area contributed by atoms with E-state index < -0.39 is 13.6 Å². The summed E-state index contributed by atoms with van der Waals surface area (Å²) in [7, 11) is 0. The van der Waals surface area contributed by atoms with Crippen LogP contribution >= 0.6 is 0 Å². The quantitative estimate of drug-likeness (QED) is 0.568. The van der Waals surface area contributed by atoms with Crippen LogP contribution in [0.1, 0.15) is 40.0 Å². The van der Waals surface area contributed by atoms with Crippen molar-refractivity contribution in [3.05, 3.63) is 12.2 Å². The Balaban J connectivity index is 2.09. The molecule has 2 aliphatic carbocycles. The number of rotatable bonds is 5. The number of hydrogen-bond donors (Lipinski definition) is 0. The first-order valence-electron chi connectivity index (χ1n) is 7.02. The molecule has 0 saturated heterocycles. The van der Waals surface area contributed by atoms with E-state index in [-0.39, 0.29) is 11.4 Å². The normalized spacial score (nSPS) is 30.9. The standard InChI is InChI=1S/C14H24GeO2/c1-4-15(5-2,6-3)17-13(16)14-9-7-12(11-14)8-10-14/h7,9,12H,4-6,8,10-11H2,1-3H3. The number of carbonyl (C=O) groups excluding carboxylic acids is 1. The SMILES string of the molecule is C[CH2][Ge]([CH2]C)([CH2]C)[O]C(=O)C12C=CC(CC1)C2. The van der Waals surface area contributed by atoms with Crippen LogP contribution in [0.15, 0.2) is 12.2 Å². The molecule has 0 aromatic carbocycles. The van der Waals surface area contributed by atoms with Gasteiger partial charge in [-0.2, -0.15) is 0 Å². The molecular weight excluding hydrogens is 273 g/mol. The second-order valence-electron chi connectivity index (χ2n) is 5.65. The molecule has 2 unspecified atom stereocenters. The third-order valence-corrected chi connectivity index (χ3v) is 14.3. The van der Waals surface area contributed by atoms with Gasteiger partial charge in [-0.1, -0.05) is 0 Å². The molecule has 1 saturated carbocycles. The maximum absolute atomic E-state index is 12.5. The van der Waals surface area contributed by atoms with Gasteiger partial charge in [-0.05, 0) is 0 Å². The van der Waals surface area contributed by atoms with Gasteiger partial charge in [0.05, 0.1) is 0 Å². The molecular formula is C14H24GeO2. The van der Waals surface area contributed by atoms with Crippen LogP contribution in [0, 0.1) is 11.3 Å². The van der Waals surface area contributed by atoms with Crippen LogP contribution in [-0.4, -0.2) is 19.6 Å². The Morgan fingerprint density at radius 2 is 2.00 bits per heavy atom. The van der Waals surface area contributed by atoms with E-state index in [2.05, 4.69) is 32.9 Å². The number of fused-ring (bicyclic) bond motifs is 2. The molecule has 2 aliphatic rings. The Kier molecular flexibility index (Phi) is 3.72. The predicted octanol–water partition coefficient (Wildman–Crippen LogP) is 3.89. The molecule has 0 aromatic heterocycles. The summed E-state index contributed by atoms with van der Waals surface area (Å²) in [5.74, 6) is 0.758. The van der Waals surface area contributed by atoms with Gasteiger partial charge < -0.3 is 0 Å². The fraction of sp³-hybridized carbons (Fsp3) is 0.786. The molecule has 0 N–H and O–H groups in total. The molecule has 0 aliphatic heterocycles. The minimum absolute atomic E-state index is 0.110. The minimum atomic E-state index is -2.32. The summed E-state index contributed by atoms with van der Waals surface area (Å²) in [6, 6.07) is 0. The van der Waals surface area contributed by atoms with Gasteiger partial charge in [0.15, 0.2) is 0 Å². The fourth-order valence-corrected chi connectivity index (χ4v) is 8.58. The van der Waals surface area contributed by atoms with Gasteiger partial charge in [0.25, 0.3) is 0 Å². The fourth-order valence-electron chi connectivity index (χ4n) is 3.27. The molecule has 2 rings (SSSR count). The molecule has 0 spiro atoms. The van der Waals surface area contributed by atoms with Crippen molar-refractivity contribution in [2.45, 2.75) is 55.8 Å². The van der Waals surface area contributed by atoms with E-state index in [1.807, 2.05) is 0 Å². The molecule has 2 atom stereocenters. The van der Waals surface area contributed by atoms with Crippen molar-refractivity contribution in [3.63, 3.8) is 0 Å². The van der Waals surface area contributed by atoms with E-state index in [1.54, 1.807) is 0 Å². The predicted molar refractivity (Wildman–Crippen MR) is 72.2 cm³/mol. The topological polar surface area (TPSA) is 26.3 Å². The Morgan fingerprint density at radius 1 is 1.35 bits per heavy atom. The molecule has 0 radical (unpaired) electrons. The zero-order chi connectivity index (χ0) is 12.5. The van der Waals surface area contributed by atoms with Crippen molar-refractivity contribution < 1.29 is 8.56 Å². The van der Waals surface area contributed by atoms with Crippen molar-refractivity contribution >= 4 is 19.6 Å². The van der Waals surface area contributed by atoms with E-state index in [0.717, 1.165) is 28.6 Å². The maximum atomic E-state index is 12.5. The Bertz CT molecular complexity index is 325. The molecule has 3 heteroatoms. The first kappa shape index (κ1) is 13.2. The van der Waals surface area contributed by atoms with Gasteiger partial charge in [0.2, 0.25) is 0 Å². The Labute approximate surface area is 108 Å². The van der Waals surface area contributed by atoms with Crippen molar-refractivity contribution in [3.8, 4) is 0 Å². The van der Waals surface area contributed by atoms with Crippen LogP contribution in [0.4, 0.5) is 0 Å². The van der Waals surface area contributed by atoms with Crippen molar-refractivity contribution in [2.75, 3.05) is 0 Å². The van der Waals surface area contributed by atoms with Crippen molar-refractivity contribution in [1.29, 1.82) is 0 Å². The van der Waals surface area contributed by atoms with E-state index in [0.29, 0.717) is 5.92 Å². The van der Waals surface area contributed by atoms with Crippen LogP contribution in [0.3, 0.4) is 0 Å². The van der Waals surface area contributed by atoms with Gasteiger partial charge >= 0.3 is 107 Å². The second-order valence-corrected chi connectivity index (χ2v) is 15.5. The van der Waals surface area contributed by atoms with Crippen molar-refractivity contribution in [2.24, 2.45) is 11.3 Å². The van der Waals surface area contributed by atoms with Gasteiger partial charge in [-0.15, -0.1) is 0 Å². The van der Waals surface area contributed by atoms with Crippen LogP contribution in [0.25, 0.3) is 0 Å². The van der Waals surface area contributed by atoms with Crippen LogP contribution in [-0.2, 0) is 8.56 Å². The summed E-state index contributed by atoms with van der Waals surface area (Å²) < 4.78 is 6.09. The first-order valence-corrected chi connectivity index (χ1v) is 12.3. The first-order chi connectivity index (χ1) is 8.10. The van der Waals surface area contributed by atoms with E-state index in [9.17, 15) is 4.79 Å². The van der Waals surface area contributed by atoms with E-state index in [1.165, 1.54) is 6.42 Å². The molecule has 96 valence electrons. The number of carbonyl (C=O) groups is 1. The van der Waals surface area contributed by atoms with Crippen molar-refractivity contribution in [1.82, 2.24) is 0 Å². The van der Waals surface area contributed by atoms with Gasteiger partial charge in [-0.25, -0.2) is 0 Å². The van der Waals surface area contributed by atoms with Crippen LogP contribution in [0.5, 0.6) is 0 Å². The monoisotopic (exact) mass is 298 g/mol. The van der Waals surface area contributed by atoms with Crippen LogP contribution < -0.4 is 0 Å². The molecule has 2 nitrogen and oxygen atoms in total. The third kappa shape index (κ3) is 2.21. The summed E-state index contributed by atoms with van der Waals surface area (Å²) in [6.07, 6.45) is 7.57. The average molecular weight is 297 g/mol. The second kappa shape index (κ2) is 4.79. The Morgan fingerprint density at radius 3 is 2.35 bits per heavy atom.